The van der Waals surface area contributed by atoms with Crippen LogP contribution in [-0.4, -0.2) is 44.7 Å². The molecule has 1 aliphatic heterocycles. The van der Waals surface area contributed by atoms with Crippen molar-refractivity contribution in [3.05, 3.63) is 66.0 Å². The molecule has 1 aromatic heterocycles. The van der Waals surface area contributed by atoms with Crippen LogP contribution in [0.4, 0.5) is 0 Å². The van der Waals surface area contributed by atoms with Crippen LogP contribution >= 0.6 is 0 Å². The Morgan fingerprint density at radius 3 is 2.68 bits per heavy atom. The van der Waals surface area contributed by atoms with Crippen molar-refractivity contribution in [2.45, 2.75) is 31.9 Å². The highest BCUT2D eigenvalue weighted by molar-refractivity contribution is 5.94. The van der Waals surface area contributed by atoms with Crippen LogP contribution in [0.1, 0.15) is 34.8 Å². The van der Waals surface area contributed by atoms with Gasteiger partial charge in [-0.1, -0.05) is 29.8 Å². The number of benzene rings is 2. The quantitative estimate of drug-likeness (QED) is 0.747. The zero-order valence-electron chi connectivity index (χ0n) is 16.0. The van der Waals surface area contributed by atoms with Crippen LogP contribution in [0.15, 0.2) is 54.9 Å². The van der Waals surface area contributed by atoms with Gasteiger partial charge in [-0.3, -0.25) is 4.79 Å². The van der Waals surface area contributed by atoms with E-state index in [2.05, 4.69) is 15.6 Å². The van der Waals surface area contributed by atoms with E-state index in [4.69, 9.17) is 0 Å². The van der Waals surface area contributed by atoms with Crippen LogP contribution in [0.5, 0.6) is 0 Å². The number of hydrogen-bond donors (Lipinski definition) is 1. The number of carbonyl (C=O) groups is 1. The number of fused-ring (bicyclic) bond motifs is 2. The molecular weight excluding hydrogens is 350 g/mol. The summed E-state index contributed by atoms with van der Waals surface area (Å²) in [6.07, 6.45) is 3.06. The van der Waals surface area contributed by atoms with Crippen LogP contribution in [-0.2, 0) is 0 Å². The van der Waals surface area contributed by atoms with E-state index in [1.54, 1.807) is 0 Å². The fourth-order valence-electron chi connectivity index (χ4n) is 5.08. The van der Waals surface area contributed by atoms with Crippen LogP contribution in [0.25, 0.3) is 11.0 Å². The van der Waals surface area contributed by atoms with E-state index in [1.165, 1.54) is 0 Å². The molecule has 5 heteroatoms. The Kier molecular flexibility index (Phi) is 4.20. The fraction of sp³-hybridized carbons (Fsp3) is 0.391. The zero-order chi connectivity index (χ0) is 19.3. The first-order valence-electron chi connectivity index (χ1n) is 10.1. The minimum atomic E-state index is -0.409. The lowest BCUT2D eigenvalue weighted by Crippen LogP contribution is -2.36. The second kappa shape index (κ2) is 6.74. The molecule has 1 saturated heterocycles. The molecule has 4 atom stereocenters. The first-order chi connectivity index (χ1) is 13.6. The number of amides is 1. The van der Waals surface area contributed by atoms with Gasteiger partial charge in [0, 0.05) is 18.7 Å². The summed E-state index contributed by atoms with van der Waals surface area (Å²) in [5.41, 5.74) is 3.89. The number of aliphatic hydroxyl groups is 1. The van der Waals surface area contributed by atoms with Crippen molar-refractivity contribution < 1.29 is 9.90 Å². The van der Waals surface area contributed by atoms with E-state index < -0.39 is 6.10 Å². The van der Waals surface area contributed by atoms with Crippen molar-refractivity contribution in [3.63, 3.8) is 0 Å². The third-order valence-corrected chi connectivity index (χ3v) is 6.50. The summed E-state index contributed by atoms with van der Waals surface area (Å²) in [6, 6.07) is 15.9. The van der Waals surface area contributed by atoms with Crippen LogP contribution in [0, 0.1) is 18.8 Å². The Hall–Kier alpha value is -2.66. The molecule has 0 radical (unpaired) electrons. The van der Waals surface area contributed by atoms with Gasteiger partial charge in [-0.2, -0.15) is 0 Å². The van der Waals surface area contributed by atoms with E-state index in [-0.39, 0.29) is 11.9 Å². The summed E-state index contributed by atoms with van der Waals surface area (Å²) < 4.78 is 2.13. The monoisotopic (exact) mass is 375 g/mol. The average Bonchev–Trinajstić information content (AvgIpc) is 3.30. The highest BCUT2D eigenvalue weighted by Gasteiger charge is 2.43. The molecule has 0 bridgehead atoms. The number of nitrogens with zero attached hydrogens (tertiary/aromatic N) is 3. The number of likely N-dealkylation sites (tertiary alicyclic amines) is 1. The average molecular weight is 375 g/mol. The third-order valence-electron chi connectivity index (χ3n) is 6.50. The smallest absolute Gasteiger partial charge is 0.253 e. The standard InChI is InChI=1S/C23H25N3O2/c1-15-5-4-6-16(9-15)23(28)25-12-17-10-21(22(27)11-18(17)13-25)26-14-24-19-7-2-3-8-20(19)26/h2-9,14,17-18,21-22,27H,10-13H2,1H3/t17-,18+,21-,22-/m1/s1. The summed E-state index contributed by atoms with van der Waals surface area (Å²) >= 11 is 0. The van der Waals surface area contributed by atoms with Crippen molar-refractivity contribution in [3.8, 4) is 0 Å². The first-order valence-corrected chi connectivity index (χ1v) is 10.1. The largest absolute Gasteiger partial charge is 0.391 e. The van der Waals surface area contributed by atoms with Gasteiger partial charge in [0.25, 0.3) is 5.91 Å². The van der Waals surface area contributed by atoms with Gasteiger partial charge in [0.05, 0.1) is 29.5 Å². The summed E-state index contributed by atoms with van der Waals surface area (Å²) in [4.78, 5) is 19.4. The summed E-state index contributed by atoms with van der Waals surface area (Å²) in [5.74, 6) is 0.898. The minimum Gasteiger partial charge on any atom is -0.391 e. The molecule has 1 aliphatic carbocycles. The second-order valence-electron chi connectivity index (χ2n) is 8.35. The normalized spacial score (nSPS) is 27.1. The highest BCUT2D eigenvalue weighted by Crippen LogP contribution is 2.42. The zero-order valence-corrected chi connectivity index (χ0v) is 16.0. The fourth-order valence-corrected chi connectivity index (χ4v) is 5.08. The summed E-state index contributed by atoms with van der Waals surface area (Å²) in [6.45, 7) is 3.52. The molecule has 1 saturated carbocycles. The number of aryl methyl sites for hydroxylation is 1. The topological polar surface area (TPSA) is 58.4 Å². The first kappa shape index (κ1) is 17.4. The lowest BCUT2D eigenvalue weighted by atomic mass is 9.77. The number of imidazole rings is 1. The molecule has 1 N–H and O–H groups in total. The molecule has 5 rings (SSSR count). The Morgan fingerprint density at radius 1 is 1.07 bits per heavy atom. The molecule has 0 spiro atoms. The molecule has 2 heterocycles. The highest BCUT2D eigenvalue weighted by atomic mass is 16.3. The van der Waals surface area contributed by atoms with Crippen LogP contribution in [0.3, 0.4) is 0 Å². The van der Waals surface area contributed by atoms with Gasteiger partial charge >= 0.3 is 0 Å². The van der Waals surface area contributed by atoms with Gasteiger partial charge in [-0.15, -0.1) is 0 Å². The number of aliphatic hydroxyl groups excluding tert-OH is 1. The maximum atomic E-state index is 13.0. The number of carbonyl (C=O) groups excluding carboxylic acids is 1. The Balaban J connectivity index is 1.36. The van der Waals surface area contributed by atoms with Crippen LogP contribution in [0.2, 0.25) is 0 Å². The van der Waals surface area contributed by atoms with Gasteiger partial charge in [0.2, 0.25) is 0 Å². The maximum absolute atomic E-state index is 13.0. The predicted octanol–water partition coefficient (Wildman–Crippen LogP) is 3.43. The molecular formula is C23H25N3O2. The molecule has 1 amide bonds. The second-order valence-corrected chi connectivity index (χ2v) is 8.35. The van der Waals surface area contributed by atoms with Crippen LogP contribution < -0.4 is 0 Å². The van der Waals surface area contributed by atoms with E-state index in [9.17, 15) is 9.90 Å². The van der Waals surface area contributed by atoms with Crippen molar-refractivity contribution in [1.29, 1.82) is 0 Å². The van der Waals surface area contributed by atoms with Crippen molar-refractivity contribution in [2.75, 3.05) is 13.1 Å². The van der Waals surface area contributed by atoms with Crippen molar-refractivity contribution >= 4 is 16.9 Å². The molecule has 2 fully saturated rings. The maximum Gasteiger partial charge on any atom is 0.253 e. The number of aromatic nitrogens is 2. The molecule has 2 aromatic carbocycles. The van der Waals surface area contributed by atoms with E-state index in [0.717, 1.165) is 48.1 Å². The molecule has 144 valence electrons. The minimum absolute atomic E-state index is 0.0164. The Labute approximate surface area is 164 Å². The molecule has 28 heavy (non-hydrogen) atoms. The SMILES string of the molecule is Cc1cccc(C(=O)N2C[C@H]3C[C@@H](n4cnc5ccccc54)[C@H](O)C[C@H]3C2)c1. The predicted molar refractivity (Wildman–Crippen MR) is 108 cm³/mol. The number of rotatable bonds is 2. The molecule has 2 aliphatic rings. The number of hydrogen-bond acceptors (Lipinski definition) is 3. The van der Waals surface area contributed by atoms with Gasteiger partial charge in [-0.25, -0.2) is 4.98 Å². The van der Waals surface area contributed by atoms with Gasteiger partial charge < -0.3 is 14.6 Å². The summed E-state index contributed by atoms with van der Waals surface area (Å²) in [5, 5.41) is 10.9. The van der Waals surface area contributed by atoms with Gasteiger partial charge in [-0.05, 0) is 55.9 Å². The van der Waals surface area contributed by atoms with E-state index in [1.807, 2.05) is 60.6 Å². The number of para-hydroxylation sites is 2. The van der Waals surface area contributed by atoms with Crippen molar-refractivity contribution in [1.82, 2.24) is 14.5 Å². The van der Waals surface area contributed by atoms with E-state index in [0.29, 0.717) is 11.8 Å². The lowest BCUT2D eigenvalue weighted by molar-refractivity contribution is 0.0374. The van der Waals surface area contributed by atoms with E-state index >= 15 is 0 Å². The van der Waals surface area contributed by atoms with Gasteiger partial charge in [0.15, 0.2) is 0 Å². The van der Waals surface area contributed by atoms with Crippen molar-refractivity contribution in [2.24, 2.45) is 11.8 Å². The lowest BCUT2D eigenvalue weighted by Gasteiger charge is -2.36. The Morgan fingerprint density at radius 2 is 1.86 bits per heavy atom. The van der Waals surface area contributed by atoms with Gasteiger partial charge in [0.1, 0.15) is 0 Å². The third kappa shape index (κ3) is 2.90. The summed E-state index contributed by atoms with van der Waals surface area (Å²) in [7, 11) is 0. The molecule has 0 unspecified atom stereocenters. The Bertz CT molecular complexity index is 1030. The molecule has 5 nitrogen and oxygen atoms in total. The molecule has 3 aromatic rings.